The number of benzene rings is 1. The maximum absolute atomic E-state index is 9.06. The van der Waals surface area contributed by atoms with Crippen LogP contribution in [0.4, 0.5) is 0 Å². The number of unbranched alkanes of at least 4 members (excludes halogenated alkanes) is 1. The molecule has 108 valence electrons. The van der Waals surface area contributed by atoms with Gasteiger partial charge in [0.05, 0.1) is 19.3 Å². The first-order valence-corrected chi connectivity index (χ1v) is 6.97. The van der Waals surface area contributed by atoms with E-state index >= 15 is 0 Å². The van der Waals surface area contributed by atoms with Gasteiger partial charge < -0.3 is 15.6 Å². The van der Waals surface area contributed by atoms with Crippen LogP contribution in [0.15, 0.2) is 24.3 Å². The molecule has 0 saturated carbocycles. The molecule has 0 aliphatic carbocycles. The molecule has 0 spiro atoms. The summed E-state index contributed by atoms with van der Waals surface area (Å²) in [6.45, 7) is 4.11. The Balaban J connectivity index is 2.83. The fourth-order valence-corrected chi connectivity index (χ4v) is 2.07. The zero-order chi connectivity index (χ0) is 14.1. The van der Waals surface area contributed by atoms with Crippen molar-refractivity contribution >= 4 is 0 Å². The molecule has 0 fully saturated rings. The first-order valence-electron chi connectivity index (χ1n) is 6.97. The van der Waals surface area contributed by atoms with Crippen LogP contribution in [-0.4, -0.2) is 43.4 Å². The highest BCUT2D eigenvalue weighted by molar-refractivity contribution is 5.36. The van der Waals surface area contributed by atoms with Crippen molar-refractivity contribution in [1.29, 1.82) is 0 Å². The summed E-state index contributed by atoms with van der Waals surface area (Å²) in [6, 6.07) is 8.08. The summed E-state index contributed by atoms with van der Waals surface area (Å²) in [4.78, 5) is 2.06. The van der Waals surface area contributed by atoms with Crippen molar-refractivity contribution in [2.45, 2.75) is 25.8 Å². The number of nitrogens with two attached hydrogens (primary N) is 1. The van der Waals surface area contributed by atoms with Crippen molar-refractivity contribution in [2.24, 2.45) is 5.73 Å². The molecule has 0 bridgehead atoms. The Morgan fingerprint density at radius 2 is 2.11 bits per heavy atom. The Labute approximate surface area is 116 Å². The van der Waals surface area contributed by atoms with Gasteiger partial charge in [0.15, 0.2) is 0 Å². The zero-order valence-electron chi connectivity index (χ0n) is 12.0. The van der Waals surface area contributed by atoms with E-state index in [0.29, 0.717) is 13.1 Å². The van der Waals surface area contributed by atoms with Crippen LogP contribution < -0.4 is 10.5 Å². The van der Waals surface area contributed by atoms with Gasteiger partial charge in [-0.05, 0) is 19.5 Å². The SMILES string of the molecule is CCCCOc1ccccc1C(CN)N(C)CCO. The molecule has 0 aliphatic heterocycles. The van der Waals surface area contributed by atoms with Crippen LogP contribution in [0.25, 0.3) is 0 Å². The second kappa shape index (κ2) is 8.91. The number of aliphatic hydroxyl groups excluding tert-OH is 1. The third-order valence-electron chi connectivity index (χ3n) is 3.24. The van der Waals surface area contributed by atoms with Gasteiger partial charge in [0.2, 0.25) is 0 Å². The van der Waals surface area contributed by atoms with E-state index in [0.717, 1.165) is 30.8 Å². The minimum absolute atomic E-state index is 0.0741. The molecule has 4 heteroatoms. The normalized spacial score (nSPS) is 12.7. The summed E-state index contributed by atoms with van der Waals surface area (Å²) >= 11 is 0. The Morgan fingerprint density at radius 3 is 2.74 bits per heavy atom. The maximum atomic E-state index is 9.06. The molecule has 3 N–H and O–H groups in total. The van der Waals surface area contributed by atoms with Crippen LogP contribution in [0.1, 0.15) is 31.4 Å². The molecule has 1 unspecified atom stereocenters. The van der Waals surface area contributed by atoms with E-state index in [1.54, 1.807) is 0 Å². The first-order chi connectivity index (χ1) is 9.24. The van der Waals surface area contributed by atoms with Crippen LogP contribution in [0.5, 0.6) is 5.75 Å². The van der Waals surface area contributed by atoms with E-state index in [1.807, 2.05) is 31.3 Å². The standard InChI is InChI=1S/C15H26N2O2/c1-3-4-11-19-15-8-6-5-7-13(15)14(12-16)17(2)9-10-18/h5-8,14,18H,3-4,9-12,16H2,1-2H3. The third-order valence-corrected chi connectivity index (χ3v) is 3.24. The monoisotopic (exact) mass is 266 g/mol. The van der Waals surface area contributed by atoms with E-state index in [-0.39, 0.29) is 12.6 Å². The zero-order valence-corrected chi connectivity index (χ0v) is 12.0. The highest BCUT2D eigenvalue weighted by Crippen LogP contribution is 2.28. The molecule has 0 radical (unpaired) electrons. The summed E-state index contributed by atoms with van der Waals surface area (Å²) < 4.78 is 5.84. The van der Waals surface area contributed by atoms with Gasteiger partial charge in [-0.1, -0.05) is 31.5 Å². The quantitative estimate of drug-likeness (QED) is 0.669. The average Bonchev–Trinajstić information content (AvgIpc) is 2.42. The lowest BCUT2D eigenvalue weighted by Crippen LogP contribution is -2.32. The lowest BCUT2D eigenvalue weighted by molar-refractivity contribution is 0.180. The first kappa shape index (κ1) is 16.0. The lowest BCUT2D eigenvalue weighted by atomic mass is 10.0. The number of para-hydroxylation sites is 1. The van der Waals surface area contributed by atoms with Crippen LogP contribution in [0.3, 0.4) is 0 Å². The van der Waals surface area contributed by atoms with Gasteiger partial charge in [-0.15, -0.1) is 0 Å². The van der Waals surface area contributed by atoms with Crippen LogP contribution in [-0.2, 0) is 0 Å². The average molecular weight is 266 g/mol. The predicted octanol–water partition coefficient (Wildman–Crippen LogP) is 1.79. The third kappa shape index (κ3) is 4.82. The molecule has 0 heterocycles. The van der Waals surface area contributed by atoms with Gasteiger partial charge in [0.1, 0.15) is 5.75 Å². The fraction of sp³-hybridized carbons (Fsp3) is 0.600. The minimum atomic E-state index is 0.0741. The van der Waals surface area contributed by atoms with Crippen molar-refractivity contribution in [3.05, 3.63) is 29.8 Å². The Bertz CT molecular complexity index is 358. The highest BCUT2D eigenvalue weighted by Gasteiger charge is 2.18. The summed E-state index contributed by atoms with van der Waals surface area (Å²) in [6.07, 6.45) is 2.17. The maximum Gasteiger partial charge on any atom is 0.124 e. The molecule has 1 aromatic rings. The molecule has 0 amide bonds. The van der Waals surface area contributed by atoms with E-state index in [1.165, 1.54) is 0 Å². The molecule has 0 aromatic heterocycles. The molecule has 1 rings (SSSR count). The number of ether oxygens (including phenoxy) is 1. The van der Waals surface area contributed by atoms with Gasteiger partial charge in [-0.3, -0.25) is 4.90 Å². The van der Waals surface area contributed by atoms with Crippen LogP contribution in [0.2, 0.25) is 0 Å². The number of aliphatic hydroxyl groups is 1. The summed E-state index contributed by atoms with van der Waals surface area (Å²) in [5.41, 5.74) is 6.98. The second-order valence-electron chi connectivity index (χ2n) is 4.70. The molecule has 19 heavy (non-hydrogen) atoms. The van der Waals surface area contributed by atoms with Crippen molar-refractivity contribution in [3.63, 3.8) is 0 Å². The molecule has 1 atom stereocenters. The predicted molar refractivity (Wildman–Crippen MR) is 78.4 cm³/mol. The number of hydrogen-bond donors (Lipinski definition) is 2. The van der Waals surface area contributed by atoms with Gasteiger partial charge in [0.25, 0.3) is 0 Å². The van der Waals surface area contributed by atoms with Crippen molar-refractivity contribution in [1.82, 2.24) is 4.90 Å². The number of nitrogens with zero attached hydrogens (tertiary/aromatic N) is 1. The highest BCUT2D eigenvalue weighted by atomic mass is 16.5. The topological polar surface area (TPSA) is 58.7 Å². The Hall–Kier alpha value is -1.10. The molecule has 0 aliphatic rings. The molecule has 1 aromatic carbocycles. The van der Waals surface area contributed by atoms with Crippen molar-refractivity contribution in [2.75, 3.05) is 33.4 Å². The largest absolute Gasteiger partial charge is 0.493 e. The van der Waals surface area contributed by atoms with Gasteiger partial charge in [-0.2, -0.15) is 0 Å². The van der Waals surface area contributed by atoms with Gasteiger partial charge in [0, 0.05) is 18.7 Å². The number of hydrogen-bond acceptors (Lipinski definition) is 4. The van der Waals surface area contributed by atoms with Crippen LogP contribution >= 0.6 is 0 Å². The van der Waals surface area contributed by atoms with Crippen molar-refractivity contribution in [3.8, 4) is 5.75 Å². The summed E-state index contributed by atoms with van der Waals surface area (Å²) in [5.74, 6) is 0.899. The van der Waals surface area contributed by atoms with E-state index in [9.17, 15) is 0 Å². The number of likely N-dealkylation sites (N-methyl/N-ethyl adjacent to an activating group) is 1. The molecule has 0 saturated heterocycles. The van der Waals surface area contributed by atoms with Gasteiger partial charge in [-0.25, -0.2) is 0 Å². The fourth-order valence-electron chi connectivity index (χ4n) is 2.07. The van der Waals surface area contributed by atoms with Gasteiger partial charge >= 0.3 is 0 Å². The Morgan fingerprint density at radius 1 is 1.37 bits per heavy atom. The summed E-state index contributed by atoms with van der Waals surface area (Å²) in [5, 5.41) is 9.06. The molecule has 4 nitrogen and oxygen atoms in total. The summed E-state index contributed by atoms with van der Waals surface area (Å²) in [7, 11) is 1.97. The molecular formula is C15H26N2O2. The molecular weight excluding hydrogens is 240 g/mol. The van der Waals surface area contributed by atoms with Crippen LogP contribution in [0, 0.1) is 0 Å². The second-order valence-corrected chi connectivity index (χ2v) is 4.70. The smallest absolute Gasteiger partial charge is 0.124 e. The minimum Gasteiger partial charge on any atom is -0.493 e. The van der Waals surface area contributed by atoms with Crippen molar-refractivity contribution < 1.29 is 9.84 Å². The van der Waals surface area contributed by atoms with E-state index in [4.69, 9.17) is 15.6 Å². The Kier molecular flexibility index (Phi) is 7.48. The van der Waals surface area contributed by atoms with E-state index in [2.05, 4.69) is 11.8 Å². The van der Waals surface area contributed by atoms with E-state index < -0.39 is 0 Å². The lowest BCUT2D eigenvalue weighted by Gasteiger charge is -2.28. The number of rotatable bonds is 9.